The van der Waals surface area contributed by atoms with Gasteiger partial charge in [-0.3, -0.25) is 4.79 Å². The number of aromatic nitrogens is 1. The van der Waals surface area contributed by atoms with Gasteiger partial charge in [0, 0.05) is 10.4 Å². The molecule has 2 aromatic heterocycles. The van der Waals surface area contributed by atoms with Crippen molar-refractivity contribution in [2.45, 2.75) is 13.5 Å². The zero-order chi connectivity index (χ0) is 16.5. The molecule has 1 aliphatic heterocycles. The Labute approximate surface area is 142 Å². The number of rotatable bonds is 4. The smallest absolute Gasteiger partial charge is 0.262 e. The van der Waals surface area contributed by atoms with Crippen molar-refractivity contribution < 1.29 is 13.9 Å². The van der Waals surface area contributed by atoms with Crippen LogP contribution in [0, 0.1) is 6.92 Å². The maximum Gasteiger partial charge on any atom is 0.262 e. The fraction of sp³-hybridized carbons (Fsp3) is 0.176. The Morgan fingerprint density at radius 1 is 1.38 bits per heavy atom. The van der Waals surface area contributed by atoms with Gasteiger partial charge in [0.15, 0.2) is 11.7 Å². The van der Waals surface area contributed by atoms with E-state index in [0.717, 1.165) is 27.0 Å². The summed E-state index contributed by atoms with van der Waals surface area (Å²) < 4.78 is 10.7. The summed E-state index contributed by atoms with van der Waals surface area (Å²) >= 11 is 1.59. The molecule has 7 heteroatoms. The van der Waals surface area contributed by atoms with Gasteiger partial charge in [-0.2, -0.15) is 0 Å². The largest absolute Gasteiger partial charge is 0.482 e. The Kier molecular flexibility index (Phi) is 3.70. The molecule has 6 nitrogen and oxygen atoms in total. The minimum absolute atomic E-state index is 0.0585. The third kappa shape index (κ3) is 2.85. The third-order valence-electron chi connectivity index (χ3n) is 3.68. The van der Waals surface area contributed by atoms with E-state index in [-0.39, 0.29) is 12.5 Å². The molecule has 0 saturated heterocycles. The van der Waals surface area contributed by atoms with Crippen LogP contribution in [-0.4, -0.2) is 17.5 Å². The highest BCUT2D eigenvalue weighted by molar-refractivity contribution is 7.16. The number of benzene rings is 1. The number of carbonyl (C=O) groups is 1. The first-order valence-corrected chi connectivity index (χ1v) is 8.31. The number of carbonyl (C=O) groups excluding carboxylic acids is 1. The topological polar surface area (TPSA) is 76.4 Å². The van der Waals surface area contributed by atoms with E-state index < -0.39 is 0 Å². The molecule has 2 N–H and O–H groups in total. The average Bonchev–Trinajstić information content (AvgIpc) is 3.21. The van der Waals surface area contributed by atoms with Gasteiger partial charge in [-0.1, -0.05) is 0 Å². The van der Waals surface area contributed by atoms with E-state index in [1.54, 1.807) is 17.6 Å². The number of ether oxygens (including phenoxy) is 1. The van der Waals surface area contributed by atoms with Crippen molar-refractivity contribution in [3.63, 3.8) is 0 Å². The van der Waals surface area contributed by atoms with Crippen molar-refractivity contribution in [1.29, 1.82) is 0 Å². The van der Waals surface area contributed by atoms with Crippen LogP contribution in [0.2, 0.25) is 0 Å². The van der Waals surface area contributed by atoms with Gasteiger partial charge in [-0.15, -0.1) is 11.3 Å². The summed E-state index contributed by atoms with van der Waals surface area (Å²) in [6.07, 6.45) is 1.65. The fourth-order valence-electron chi connectivity index (χ4n) is 2.55. The van der Waals surface area contributed by atoms with Crippen molar-refractivity contribution in [2.75, 3.05) is 17.2 Å². The number of hydrogen-bond acceptors (Lipinski definition) is 6. The number of hydrogen-bond donors (Lipinski definition) is 2. The molecular formula is C17H15N3O3S. The van der Waals surface area contributed by atoms with Crippen LogP contribution in [0.5, 0.6) is 5.75 Å². The zero-order valence-electron chi connectivity index (χ0n) is 13.0. The third-order valence-corrected chi connectivity index (χ3v) is 4.60. The van der Waals surface area contributed by atoms with Crippen LogP contribution in [0.15, 0.2) is 41.0 Å². The zero-order valence-corrected chi connectivity index (χ0v) is 13.8. The van der Waals surface area contributed by atoms with Crippen molar-refractivity contribution in [1.82, 2.24) is 4.98 Å². The summed E-state index contributed by atoms with van der Waals surface area (Å²) in [5.74, 6) is 1.40. The number of amides is 1. The molecule has 0 unspecified atom stereocenters. The van der Waals surface area contributed by atoms with Crippen LogP contribution in [-0.2, 0) is 11.3 Å². The quantitative estimate of drug-likeness (QED) is 0.757. The number of fused-ring (bicyclic) bond motifs is 1. The fourth-order valence-corrected chi connectivity index (χ4v) is 3.38. The maximum absolute atomic E-state index is 11.5. The molecule has 0 radical (unpaired) electrons. The first-order chi connectivity index (χ1) is 11.7. The molecule has 0 saturated carbocycles. The Morgan fingerprint density at radius 3 is 3.12 bits per heavy atom. The lowest BCUT2D eigenvalue weighted by Crippen LogP contribution is -2.25. The summed E-state index contributed by atoms with van der Waals surface area (Å²) in [6.45, 7) is 2.68. The molecule has 4 rings (SSSR count). The van der Waals surface area contributed by atoms with Gasteiger partial charge in [0.2, 0.25) is 0 Å². The molecule has 0 fully saturated rings. The second-order valence-electron chi connectivity index (χ2n) is 5.40. The highest BCUT2D eigenvalue weighted by Crippen LogP contribution is 2.36. The highest BCUT2D eigenvalue weighted by atomic mass is 32.1. The number of furan rings is 1. The van der Waals surface area contributed by atoms with Crippen LogP contribution in [0.3, 0.4) is 0 Å². The molecule has 0 atom stereocenters. The molecule has 1 amide bonds. The lowest BCUT2D eigenvalue weighted by molar-refractivity contribution is -0.118. The van der Waals surface area contributed by atoms with Crippen molar-refractivity contribution >= 4 is 28.1 Å². The van der Waals surface area contributed by atoms with Gasteiger partial charge in [-0.05, 0) is 37.3 Å². The van der Waals surface area contributed by atoms with Gasteiger partial charge in [0.05, 0.1) is 24.2 Å². The van der Waals surface area contributed by atoms with E-state index in [1.807, 2.05) is 37.3 Å². The van der Waals surface area contributed by atoms with E-state index in [1.165, 1.54) is 0 Å². The molecule has 0 aliphatic carbocycles. The highest BCUT2D eigenvalue weighted by Gasteiger charge is 2.18. The van der Waals surface area contributed by atoms with Crippen LogP contribution in [0.25, 0.3) is 11.3 Å². The molecule has 1 aliphatic rings. The minimum atomic E-state index is -0.143. The van der Waals surface area contributed by atoms with E-state index in [0.29, 0.717) is 18.0 Å². The lowest BCUT2D eigenvalue weighted by Gasteiger charge is -2.18. The Hall–Kier alpha value is -2.80. The standard InChI is InChI=1S/C17H15N3O3S/c1-10-16(20-17(24-10)18-8-12-3-2-6-22-12)11-4-5-14-13(7-11)19-15(21)9-23-14/h2-7H,8-9H2,1H3,(H,18,20)(H,19,21). The normalized spacial score (nSPS) is 13.1. The van der Waals surface area contributed by atoms with Crippen molar-refractivity contribution in [2.24, 2.45) is 0 Å². The molecular weight excluding hydrogens is 326 g/mol. The van der Waals surface area contributed by atoms with Crippen LogP contribution in [0.1, 0.15) is 10.6 Å². The summed E-state index contributed by atoms with van der Waals surface area (Å²) in [6, 6.07) is 9.48. The molecule has 3 heterocycles. The van der Waals surface area contributed by atoms with Gasteiger partial charge >= 0.3 is 0 Å². The molecule has 122 valence electrons. The summed E-state index contributed by atoms with van der Waals surface area (Å²) in [7, 11) is 0. The minimum Gasteiger partial charge on any atom is -0.482 e. The molecule has 0 spiro atoms. The second kappa shape index (κ2) is 6.01. The second-order valence-corrected chi connectivity index (χ2v) is 6.61. The first kappa shape index (κ1) is 14.8. The maximum atomic E-state index is 11.5. The van der Waals surface area contributed by atoms with Gasteiger partial charge in [-0.25, -0.2) is 4.98 Å². The molecule has 1 aromatic carbocycles. The monoisotopic (exact) mass is 341 g/mol. The first-order valence-electron chi connectivity index (χ1n) is 7.50. The molecule has 3 aromatic rings. The SMILES string of the molecule is Cc1sc(NCc2ccco2)nc1-c1ccc2c(c1)NC(=O)CO2. The van der Waals surface area contributed by atoms with E-state index in [2.05, 4.69) is 15.6 Å². The van der Waals surface area contributed by atoms with Crippen molar-refractivity contribution in [3.05, 3.63) is 47.2 Å². The molecule has 0 bridgehead atoms. The number of nitrogens with one attached hydrogen (secondary N) is 2. The van der Waals surface area contributed by atoms with Crippen LogP contribution >= 0.6 is 11.3 Å². The Balaban J connectivity index is 1.58. The molecule has 24 heavy (non-hydrogen) atoms. The van der Waals surface area contributed by atoms with Crippen LogP contribution < -0.4 is 15.4 Å². The number of aryl methyl sites for hydroxylation is 1. The number of thiazole rings is 1. The predicted octanol–water partition coefficient (Wildman–Crippen LogP) is 3.65. The number of nitrogens with zero attached hydrogens (tertiary/aromatic N) is 1. The summed E-state index contributed by atoms with van der Waals surface area (Å²) in [5.41, 5.74) is 2.52. The number of anilines is 2. The van der Waals surface area contributed by atoms with Crippen molar-refractivity contribution in [3.8, 4) is 17.0 Å². The average molecular weight is 341 g/mol. The van der Waals surface area contributed by atoms with E-state index in [9.17, 15) is 4.79 Å². The Bertz CT molecular complexity index is 887. The summed E-state index contributed by atoms with van der Waals surface area (Å²) in [5, 5.41) is 6.92. The predicted molar refractivity (Wildman–Crippen MR) is 92.4 cm³/mol. The summed E-state index contributed by atoms with van der Waals surface area (Å²) in [4.78, 5) is 17.2. The van der Waals surface area contributed by atoms with Gasteiger partial charge in [0.1, 0.15) is 11.5 Å². The van der Waals surface area contributed by atoms with E-state index >= 15 is 0 Å². The van der Waals surface area contributed by atoms with E-state index in [4.69, 9.17) is 9.15 Å². The Morgan fingerprint density at radius 2 is 2.29 bits per heavy atom. The van der Waals surface area contributed by atoms with Gasteiger partial charge in [0.25, 0.3) is 5.91 Å². The van der Waals surface area contributed by atoms with Gasteiger partial charge < -0.3 is 19.8 Å². The van der Waals surface area contributed by atoms with Crippen LogP contribution in [0.4, 0.5) is 10.8 Å². The lowest BCUT2D eigenvalue weighted by atomic mass is 10.1.